The maximum absolute atomic E-state index is 9.10. The van der Waals surface area contributed by atoms with Crippen LogP contribution in [0.15, 0.2) is 6.20 Å². The number of aliphatic hydroxyl groups excluding tert-OH is 1. The van der Waals surface area contributed by atoms with Crippen molar-refractivity contribution in [3.63, 3.8) is 0 Å². The monoisotopic (exact) mass is 352 g/mol. The number of aromatic nitrogens is 3. The van der Waals surface area contributed by atoms with Gasteiger partial charge in [-0.2, -0.15) is 0 Å². The molecule has 1 aliphatic rings. The molecule has 2 heterocycles. The quantitative estimate of drug-likeness (QED) is 0.701. The summed E-state index contributed by atoms with van der Waals surface area (Å²) in [6, 6.07) is 0.428. The van der Waals surface area contributed by atoms with E-state index in [1.54, 1.807) is 7.11 Å². The predicted molar refractivity (Wildman–Crippen MR) is 99.4 cm³/mol. The van der Waals surface area contributed by atoms with Crippen LogP contribution in [0.1, 0.15) is 71.0 Å². The highest BCUT2D eigenvalue weighted by atomic mass is 16.5. The Morgan fingerprint density at radius 2 is 2.04 bits per heavy atom. The predicted octanol–water partition coefficient (Wildman–Crippen LogP) is 3.03. The highest BCUT2D eigenvalue weighted by Crippen LogP contribution is 2.24. The van der Waals surface area contributed by atoms with Crippen molar-refractivity contribution in [2.45, 2.75) is 77.5 Å². The summed E-state index contributed by atoms with van der Waals surface area (Å²) in [5, 5.41) is 17.2. The molecule has 1 saturated heterocycles. The molecule has 1 N–H and O–H groups in total. The maximum atomic E-state index is 9.10. The van der Waals surface area contributed by atoms with Crippen LogP contribution in [0.5, 0.6) is 0 Å². The van der Waals surface area contributed by atoms with Crippen molar-refractivity contribution in [2.24, 2.45) is 5.92 Å². The Kier molecular flexibility index (Phi) is 7.84. The van der Waals surface area contributed by atoms with E-state index in [4.69, 9.17) is 9.84 Å². The fraction of sp³-hybridized carbons (Fsp3) is 0.895. The molecular formula is C19H36N4O2. The Bertz CT molecular complexity index is 495. The molecule has 1 atom stereocenters. The number of piperidine rings is 1. The summed E-state index contributed by atoms with van der Waals surface area (Å²) in [7, 11) is 1.80. The molecule has 0 radical (unpaired) electrons. The third-order valence-electron chi connectivity index (χ3n) is 5.62. The standard InChI is InChI=1S/C19H36N4O2/c1-16(6-5-10-19(2,3)25-4)7-11-22-12-8-18(9-13-22)23-14-17(15-24)20-21-23/h14,16,18,24H,5-13,15H2,1-4H3. The van der Waals surface area contributed by atoms with Crippen molar-refractivity contribution in [3.8, 4) is 0 Å². The van der Waals surface area contributed by atoms with E-state index in [0.717, 1.165) is 38.3 Å². The fourth-order valence-electron chi connectivity index (χ4n) is 3.50. The first-order valence-electron chi connectivity index (χ1n) is 9.72. The van der Waals surface area contributed by atoms with Crippen molar-refractivity contribution in [3.05, 3.63) is 11.9 Å². The van der Waals surface area contributed by atoms with Crippen molar-refractivity contribution < 1.29 is 9.84 Å². The highest BCUT2D eigenvalue weighted by molar-refractivity contribution is 4.91. The van der Waals surface area contributed by atoms with Gasteiger partial charge in [0, 0.05) is 20.2 Å². The van der Waals surface area contributed by atoms with E-state index in [0.29, 0.717) is 11.7 Å². The molecule has 0 spiro atoms. The Morgan fingerprint density at radius 1 is 1.32 bits per heavy atom. The van der Waals surface area contributed by atoms with E-state index in [9.17, 15) is 0 Å². The molecule has 25 heavy (non-hydrogen) atoms. The minimum absolute atomic E-state index is 0.0127. The first-order chi connectivity index (χ1) is 11.9. The van der Waals surface area contributed by atoms with E-state index in [-0.39, 0.29) is 12.2 Å². The van der Waals surface area contributed by atoms with Crippen LogP contribution < -0.4 is 0 Å². The van der Waals surface area contributed by atoms with Crippen molar-refractivity contribution in [1.29, 1.82) is 0 Å². The second kappa shape index (κ2) is 9.64. The van der Waals surface area contributed by atoms with Gasteiger partial charge in [-0.15, -0.1) is 5.10 Å². The molecule has 6 nitrogen and oxygen atoms in total. The van der Waals surface area contributed by atoms with Gasteiger partial charge in [0.25, 0.3) is 0 Å². The zero-order valence-electron chi connectivity index (χ0n) is 16.4. The number of rotatable bonds is 10. The zero-order chi connectivity index (χ0) is 18.3. The Balaban J connectivity index is 1.61. The average molecular weight is 353 g/mol. The average Bonchev–Trinajstić information content (AvgIpc) is 3.09. The molecule has 1 aromatic rings. The maximum Gasteiger partial charge on any atom is 0.108 e. The van der Waals surface area contributed by atoms with Crippen molar-refractivity contribution in [1.82, 2.24) is 19.9 Å². The lowest BCUT2D eigenvalue weighted by molar-refractivity contribution is 0.0126. The number of hydrogen-bond acceptors (Lipinski definition) is 5. The van der Waals surface area contributed by atoms with Gasteiger partial charge in [-0.05, 0) is 52.0 Å². The minimum atomic E-state index is -0.0295. The number of methoxy groups -OCH3 is 1. The van der Waals surface area contributed by atoms with E-state index in [1.807, 2.05) is 10.9 Å². The third-order valence-corrected chi connectivity index (χ3v) is 5.62. The van der Waals surface area contributed by atoms with Crippen LogP contribution in [0, 0.1) is 5.92 Å². The third kappa shape index (κ3) is 6.68. The van der Waals surface area contributed by atoms with Gasteiger partial charge in [0.05, 0.1) is 24.4 Å². The van der Waals surface area contributed by atoms with E-state index < -0.39 is 0 Å². The van der Waals surface area contributed by atoms with Crippen LogP contribution >= 0.6 is 0 Å². The molecule has 2 rings (SSSR count). The summed E-state index contributed by atoms with van der Waals surface area (Å²) in [4.78, 5) is 2.58. The number of nitrogens with zero attached hydrogens (tertiary/aromatic N) is 4. The summed E-state index contributed by atoms with van der Waals surface area (Å²) in [5.41, 5.74) is 0.673. The van der Waals surface area contributed by atoms with Crippen molar-refractivity contribution in [2.75, 3.05) is 26.7 Å². The minimum Gasteiger partial charge on any atom is -0.390 e. The first kappa shape index (κ1) is 20.3. The van der Waals surface area contributed by atoms with E-state index >= 15 is 0 Å². The number of likely N-dealkylation sites (tertiary alicyclic amines) is 1. The molecule has 6 heteroatoms. The second-order valence-electron chi connectivity index (χ2n) is 8.17. The SMILES string of the molecule is COC(C)(C)CCCC(C)CCN1CCC(n2cc(CO)nn2)CC1. The van der Waals surface area contributed by atoms with Gasteiger partial charge in [0.2, 0.25) is 0 Å². The first-order valence-corrected chi connectivity index (χ1v) is 9.72. The summed E-state index contributed by atoms with van der Waals surface area (Å²) < 4.78 is 7.43. The lowest BCUT2D eigenvalue weighted by atomic mass is 9.94. The molecule has 144 valence electrons. The zero-order valence-corrected chi connectivity index (χ0v) is 16.4. The van der Waals surface area contributed by atoms with Gasteiger partial charge >= 0.3 is 0 Å². The summed E-state index contributed by atoms with van der Waals surface area (Å²) in [5.74, 6) is 0.771. The second-order valence-corrected chi connectivity index (χ2v) is 8.17. The molecule has 0 saturated carbocycles. The van der Waals surface area contributed by atoms with Crippen LogP contribution in [0.3, 0.4) is 0 Å². The molecule has 1 unspecified atom stereocenters. The topological polar surface area (TPSA) is 63.4 Å². The van der Waals surface area contributed by atoms with Gasteiger partial charge in [-0.3, -0.25) is 0 Å². The van der Waals surface area contributed by atoms with E-state index in [2.05, 4.69) is 36.0 Å². The lowest BCUT2D eigenvalue weighted by Crippen LogP contribution is -2.36. The van der Waals surface area contributed by atoms with Gasteiger partial charge in [0.1, 0.15) is 5.69 Å². The Morgan fingerprint density at radius 3 is 2.64 bits per heavy atom. The molecule has 0 amide bonds. The largest absolute Gasteiger partial charge is 0.390 e. The van der Waals surface area contributed by atoms with Gasteiger partial charge < -0.3 is 14.7 Å². The summed E-state index contributed by atoms with van der Waals surface area (Å²) >= 11 is 0. The van der Waals surface area contributed by atoms with E-state index in [1.165, 1.54) is 25.8 Å². The van der Waals surface area contributed by atoms with Crippen LogP contribution in [0.25, 0.3) is 0 Å². The van der Waals surface area contributed by atoms with Crippen LogP contribution in [-0.2, 0) is 11.3 Å². The normalized spacial score (nSPS) is 18.6. The molecule has 1 aliphatic heterocycles. The van der Waals surface area contributed by atoms with Crippen LogP contribution in [0.4, 0.5) is 0 Å². The van der Waals surface area contributed by atoms with Gasteiger partial charge in [0.15, 0.2) is 0 Å². The Labute approximate surface area is 152 Å². The molecule has 1 aromatic heterocycles. The Hall–Kier alpha value is -0.980. The fourth-order valence-corrected chi connectivity index (χ4v) is 3.50. The molecule has 1 fully saturated rings. The number of hydrogen-bond donors (Lipinski definition) is 1. The smallest absolute Gasteiger partial charge is 0.108 e. The number of ether oxygens (including phenoxy) is 1. The summed E-state index contributed by atoms with van der Waals surface area (Å²) in [6.45, 7) is 10.1. The molecule has 0 aromatic carbocycles. The number of aliphatic hydroxyl groups is 1. The molecule has 0 bridgehead atoms. The highest BCUT2D eigenvalue weighted by Gasteiger charge is 2.22. The van der Waals surface area contributed by atoms with Crippen molar-refractivity contribution >= 4 is 0 Å². The molecule has 0 aliphatic carbocycles. The lowest BCUT2D eigenvalue weighted by Gasteiger charge is -2.32. The van der Waals surface area contributed by atoms with Gasteiger partial charge in [-0.25, -0.2) is 4.68 Å². The van der Waals surface area contributed by atoms with Crippen LogP contribution in [-0.4, -0.2) is 57.3 Å². The van der Waals surface area contributed by atoms with Crippen LogP contribution in [0.2, 0.25) is 0 Å². The molecular weight excluding hydrogens is 316 g/mol. The van der Waals surface area contributed by atoms with Gasteiger partial charge in [-0.1, -0.05) is 25.0 Å². The summed E-state index contributed by atoms with van der Waals surface area (Å²) in [6.07, 6.45) is 9.04.